The van der Waals surface area contributed by atoms with Gasteiger partial charge in [-0.25, -0.2) is 4.98 Å². The molecule has 4 heteroatoms. The van der Waals surface area contributed by atoms with Crippen LogP contribution in [0.5, 0.6) is 5.75 Å². The van der Waals surface area contributed by atoms with E-state index in [4.69, 9.17) is 0 Å². The van der Waals surface area contributed by atoms with Crippen molar-refractivity contribution in [2.45, 2.75) is 31.8 Å². The van der Waals surface area contributed by atoms with Gasteiger partial charge in [-0.3, -0.25) is 4.90 Å². The fraction of sp³-hybridized carbons (Fsp3) is 0.438. The maximum Gasteiger partial charge on any atom is 0.122 e. The van der Waals surface area contributed by atoms with Crippen LogP contribution in [-0.2, 0) is 20.0 Å². The van der Waals surface area contributed by atoms with Crippen molar-refractivity contribution in [2.75, 3.05) is 7.05 Å². The predicted octanol–water partition coefficient (Wildman–Crippen LogP) is 2.64. The molecular formula is C16H21N3O. The summed E-state index contributed by atoms with van der Waals surface area (Å²) >= 11 is 0. The molecule has 0 saturated heterocycles. The van der Waals surface area contributed by atoms with Gasteiger partial charge in [-0.1, -0.05) is 6.07 Å². The molecule has 0 fully saturated rings. The molecule has 0 bridgehead atoms. The standard InChI is InChI=1S/C16H21N3O/c1-18-9-8-17-16(18)11-19(2)15-5-3-4-12-6-7-13(20)10-14(12)15/h6-10,15,20H,3-5,11H2,1-2H3. The lowest BCUT2D eigenvalue weighted by atomic mass is 9.87. The second kappa shape index (κ2) is 5.29. The van der Waals surface area contributed by atoms with E-state index in [0.29, 0.717) is 11.8 Å². The Bertz CT molecular complexity index is 606. The average molecular weight is 271 g/mol. The average Bonchev–Trinajstić information content (AvgIpc) is 2.83. The Labute approximate surface area is 119 Å². The number of phenols is 1. The normalized spacial score (nSPS) is 18.2. The number of imidazole rings is 1. The Balaban J connectivity index is 1.84. The molecule has 1 aliphatic carbocycles. The lowest BCUT2D eigenvalue weighted by molar-refractivity contribution is 0.206. The number of nitrogens with zero attached hydrogens (tertiary/aromatic N) is 3. The molecule has 1 aliphatic rings. The van der Waals surface area contributed by atoms with Crippen molar-refractivity contribution in [3.63, 3.8) is 0 Å². The molecule has 1 N–H and O–H groups in total. The highest BCUT2D eigenvalue weighted by Crippen LogP contribution is 2.35. The van der Waals surface area contributed by atoms with Crippen LogP contribution in [0.4, 0.5) is 0 Å². The van der Waals surface area contributed by atoms with Crippen LogP contribution >= 0.6 is 0 Å². The summed E-state index contributed by atoms with van der Waals surface area (Å²) in [4.78, 5) is 6.73. The van der Waals surface area contributed by atoms with Crippen LogP contribution in [0.2, 0.25) is 0 Å². The molecule has 2 aromatic rings. The second-order valence-corrected chi connectivity index (χ2v) is 5.66. The van der Waals surface area contributed by atoms with Crippen LogP contribution in [0.25, 0.3) is 0 Å². The first-order chi connectivity index (χ1) is 9.65. The van der Waals surface area contributed by atoms with Gasteiger partial charge in [-0.2, -0.15) is 0 Å². The zero-order valence-electron chi connectivity index (χ0n) is 12.1. The highest BCUT2D eigenvalue weighted by atomic mass is 16.3. The number of aromatic hydroxyl groups is 1. The van der Waals surface area contributed by atoms with Crippen LogP contribution in [-0.4, -0.2) is 26.6 Å². The maximum absolute atomic E-state index is 9.75. The Kier molecular flexibility index (Phi) is 3.49. The van der Waals surface area contributed by atoms with E-state index in [1.807, 2.05) is 25.5 Å². The van der Waals surface area contributed by atoms with Gasteiger partial charge in [0.2, 0.25) is 0 Å². The monoisotopic (exact) mass is 271 g/mol. The smallest absolute Gasteiger partial charge is 0.122 e. The van der Waals surface area contributed by atoms with Crippen molar-refractivity contribution in [3.05, 3.63) is 47.5 Å². The molecule has 3 rings (SSSR count). The van der Waals surface area contributed by atoms with Gasteiger partial charge in [0.25, 0.3) is 0 Å². The zero-order chi connectivity index (χ0) is 14.1. The first-order valence-corrected chi connectivity index (χ1v) is 7.13. The molecular weight excluding hydrogens is 250 g/mol. The van der Waals surface area contributed by atoms with Crippen molar-refractivity contribution in [1.29, 1.82) is 0 Å². The molecule has 1 aromatic heterocycles. The van der Waals surface area contributed by atoms with E-state index in [0.717, 1.165) is 25.2 Å². The van der Waals surface area contributed by atoms with Gasteiger partial charge >= 0.3 is 0 Å². The van der Waals surface area contributed by atoms with E-state index < -0.39 is 0 Å². The lowest BCUT2D eigenvalue weighted by Crippen LogP contribution is -2.28. The van der Waals surface area contributed by atoms with Crippen LogP contribution in [0.15, 0.2) is 30.6 Å². The van der Waals surface area contributed by atoms with E-state index in [1.54, 1.807) is 6.07 Å². The van der Waals surface area contributed by atoms with Gasteiger partial charge in [-0.15, -0.1) is 0 Å². The molecule has 0 saturated carbocycles. The van der Waals surface area contributed by atoms with Gasteiger partial charge in [0.1, 0.15) is 11.6 Å². The van der Waals surface area contributed by atoms with Crippen molar-refractivity contribution in [3.8, 4) is 5.75 Å². The summed E-state index contributed by atoms with van der Waals surface area (Å²) in [6.07, 6.45) is 7.26. The van der Waals surface area contributed by atoms with Gasteiger partial charge in [0, 0.05) is 25.5 Å². The quantitative estimate of drug-likeness (QED) is 0.933. The van der Waals surface area contributed by atoms with Crippen molar-refractivity contribution >= 4 is 0 Å². The Hall–Kier alpha value is -1.81. The van der Waals surface area contributed by atoms with E-state index >= 15 is 0 Å². The molecule has 4 nitrogen and oxygen atoms in total. The number of hydrogen-bond acceptors (Lipinski definition) is 3. The first-order valence-electron chi connectivity index (χ1n) is 7.13. The van der Waals surface area contributed by atoms with Crippen LogP contribution in [0, 0.1) is 0 Å². The van der Waals surface area contributed by atoms with Crippen LogP contribution in [0.3, 0.4) is 0 Å². The number of rotatable bonds is 3. The Morgan fingerprint density at radius 1 is 1.45 bits per heavy atom. The molecule has 1 atom stereocenters. The minimum Gasteiger partial charge on any atom is -0.508 e. The fourth-order valence-electron chi connectivity index (χ4n) is 3.10. The largest absolute Gasteiger partial charge is 0.508 e. The molecule has 106 valence electrons. The van der Waals surface area contributed by atoms with Gasteiger partial charge in [0.05, 0.1) is 6.54 Å². The number of fused-ring (bicyclic) bond motifs is 1. The molecule has 0 radical (unpaired) electrons. The Morgan fingerprint density at radius 3 is 3.05 bits per heavy atom. The van der Waals surface area contributed by atoms with Crippen molar-refractivity contribution in [1.82, 2.24) is 14.5 Å². The molecule has 0 spiro atoms. The number of phenolic OH excluding ortho intramolecular Hbond substituents is 1. The summed E-state index contributed by atoms with van der Waals surface area (Å²) in [6.45, 7) is 0.823. The molecule has 0 aliphatic heterocycles. The lowest BCUT2D eigenvalue weighted by Gasteiger charge is -2.33. The highest BCUT2D eigenvalue weighted by Gasteiger charge is 2.24. The van der Waals surface area contributed by atoms with Crippen molar-refractivity contribution in [2.24, 2.45) is 7.05 Å². The maximum atomic E-state index is 9.75. The summed E-state index contributed by atoms with van der Waals surface area (Å²) in [6, 6.07) is 6.14. The minimum absolute atomic E-state index is 0.362. The van der Waals surface area contributed by atoms with Gasteiger partial charge in [0.15, 0.2) is 0 Å². The summed E-state index contributed by atoms with van der Waals surface area (Å²) in [5, 5.41) is 9.75. The summed E-state index contributed by atoms with van der Waals surface area (Å²) in [5.74, 6) is 1.43. The molecule has 1 unspecified atom stereocenters. The van der Waals surface area contributed by atoms with Crippen LogP contribution < -0.4 is 0 Å². The molecule has 1 aromatic carbocycles. The number of benzene rings is 1. The fourth-order valence-corrected chi connectivity index (χ4v) is 3.10. The molecule has 1 heterocycles. The zero-order valence-corrected chi connectivity index (χ0v) is 12.1. The second-order valence-electron chi connectivity index (χ2n) is 5.66. The van der Waals surface area contributed by atoms with Crippen molar-refractivity contribution < 1.29 is 5.11 Å². The summed E-state index contributed by atoms with van der Waals surface area (Å²) in [5.41, 5.74) is 2.64. The topological polar surface area (TPSA) is 41.3 Å². The number of aryl methyl sites for hydroxylation is 2. The van der Waals surface area contributed by atoms with E-state index in [9.17, 15) is 5.11 Å². The minimum atomic E-state index is 0.362. The summed E-state index contributed by atoms with van der Waals surface area (Å²) < 4.78 is 2.06. The van der Waals surface area contributed by atoms with E-state index in [2.05, 4.69) is 27.6 Å². The predicted molar refractivity (Wildman–Crippen MR) is 78.5 cm³/mol. The summed E-state index contributed by atoms with van der Waals surface area (Å²) in [7, 11) is 4.16. The number of aromatic nitrogens is 2. The van der Waals surface area contributed by atoms with Gasteiger partial charge < -0.3 is 9.67 Å². The van der Waals surface area contributed by atoms with E-state index in [-0.39, 0.29) is 0 Å². The van der Waals surface area contributed by atoms with Gasteiger partial charge in [-0.05, 0) is 49.6 Å². The Morgan fingerprint density at radius 2 is 2.30 bits per heavy atom. The third kappa shape index (κ3) is 2.43. The third-order valence-corrected chi connectivity index (χ3v) is 4.26. The SMILES string of the molecule is CN(Cc1nccn1C)C1CCCc2ccc(O)cc21. The third-order valence-electron chi connectivity index (χ3n) is 4.26. The highest BCUT2D eigenvalue weighted by molar-refractivity contribution is 5.38. The first kappa shape index (κ1) is 13.2. The number of hydrogen-bond donors (Lipinski definition) is 1. The van der Waals surface area contributed by atoms with E-state index in [1.165, 1.54) is 17.5 Å². The molecule has 20 heavy (non-hydrogen) atoms. The van der Waals surface area contributed by atoms with Crippen LogP contribution in [0.1, 0.15) is 35.8 Å². The molecule has 0 amide bonds.